The first kappa shape index (κ1) is 21.5. The fraction of sp³-hybridized carbons (Fsp3) is 0.409. The van der Waals surface area contributed by atoms with Gasteiger partial charge in [0.1, 0.15) is 18.5 Å². The Morgan fingerprint density at radius 3 is 2.45 bits per heavy atom. The van der Waals surface area contributed by atoms with Crippen LogP contribution in [0.15, 0.2) is 53.4 Å². The third kappa shape index (κ3) is 4.77. The molecule has 1 saturated heterocycles. The van der Waals surface area contributed by atoms with Crippen LogP contribution >= 0.6 is 0 Å². The zero-order valence-corrected chi connectivity index (χ0v) is 18.1. The summed E-state index contributed by atoms with van der Waals surface area (Å²) in [5, 5.41) is 2.93. The number of amides is 1. The molecule has 0 aliphatic carbocycles. The fourth-order valence-electron chi connectivity index (χ4n) is 3.78. The molecule has 166 valence electrons. The molecule has 31 heavy (non-hydrogen) atoms. The lowest BCUT2D eigenvalue weighted by atomic mass is 9.97. The topological polar surface area (TPSA) is 94.2 Å². The van der Waals surface area contributed by atoms with Crippen LogP contribution in [0.3, 0.4) is 0 Å². The Hall–Kier alpha value is -2.78. The number of nitrogens with one attached hydrogen (secondary N) is 1. The van der Waals surface area contributed by atoms with Crippen molar-refractivity contribution in [3.8, 4) is 17.2 Å². The van der Waals surface area contributed by atoms with Gasteiger partial charge in [0.2, 0.25) is 15.9 Å². The van der Waals surface area contributed by atoms with Crippen LogP contribution in [0, 0.1) is 5.92 Å². The molecule has 1 N–H and O–H groups in total. The van der Waals surface area contributed by atoms with Gasteiger partial charge < -0.3 is 19.5 Å². The van der Waals surface area contributed by atoms with Crippen molar-refractivity contribution in [2.45, 2.75) is 23.8 Å². The lowest BCUT2D eigenvalue weighted by Crippen LogP contribution is -2.46. The third-order valence-electron chi connectivity index (χ3n) is 5.59. The van der Waals surface area contributed by atoms with E-state index >= 15 is 0 Å². The second kappa shape index (κ2) is 9.15. The van der Waals surface area contributed by atoms with E-state index in [4.69, 9.17) is 14.2 Å². The second-order valence-corrected chi connectivity index (χ2v) is 9.53. The predicted molar refractivity (Wildman–Crippen MR) is 114 cm³/mol. The number of methoxy groups -OCH3 is 1. The van der Waals surface area contributed by atoms with Gasteiger partial charge in [-0.05, 0) is 49.2 Å². The van der Waals surface area contributed by atoms with Crippen LogP contribution in [0.5, 0.6) is 17.2 Å². The van der Waals surface area contributed by atoms with Crippen molar-refractivity contribution in [2.24, 2.45) is 5.92 Å². The van der Waals surface area contributed by atoms with Crippen molar-refractivity contribution in [3.05, 3.63) is 48.5 Å². The molecule has 2 aliphatic heterocycles. The molecule has 8 nitrogen and oxygen atoms in total. The lowest BCUT2D eigenvalue weighted by Gasteiger charge is -2.31. The van der Waals surface area contributed by atoms with Crippen molar-refractivity contribution in [2.75, 3.05) is 33.4 Å². The van der Waals surface area contributed by atoms with Gasteiger partial charge in [0.15, 0.2) is 11.5 Å². The van der Waals surface area contributed by atoms with E-state index in [-0.39, 0.29) is 22.8 Å². The number of benzene rings is 2. The summed E-state index contributed by atoms with van der Waals surface area (Å²) < 4.78 is 43.7. The molecule has 0 bridgehead atoms. The van der Waals surface area contributed by atoms with Gasteiger partial charge in [-0.2, -0.15) is 4.31 Å². The molecule has 1 amide bonds. The Balaban J connectivity index is 1.27. The summed E-state index contributed by atoms with van der Waals surface area (Å²) in [5.41, 5.74) is 0. The number of para-hydroxylation sites is 2. The number of sulfonamides is 1. The van der Waals surface area contributed by atoms with Gasteiger partial charge in [0, 0.05) is 19.0 Å². The first-order valence-electron chi connectivity index (χ1n) is 10.3. The second-order valence-electron chi connectivity index (χ2n) is 7.60. The van der Waals surface area contributed by atoms with E-state index in [0.717, 1.165) is 0 Å². The molecule has 0 spiro atoms. The van der Waals surface area contributed by atoms with Crippen molar-refractivity contribution in [3.63, 3.8) is 0 Å². The maximum absolute atomic E-state index is 12.9. The number of carbonyl (C=O) groups excluding carboxylic acids is 1. The first-order valence-corrected chi connectivity index (χ1v) is 11.7. The molecule has 2 aromatic carbocycles. The number of ether oxygens (including phenoxy) is 3. The normalized spacial score (nSPS) is 19.6. The van der Waals surface area contributed by atoms with Crippen LogP contribution in [0.4, 0.5) is 0 Å². The summed E-state index contributed by atoms with van der Waals surface area (Å²) in [7, 11) is -2.05. The average molecular weight is 447 g/mol. The molecule has 2 aliphatic rings. The molecular weight excluding hydrogens is 420 g/mol. The molecule has 1 fully saturated rings. The number of carbonyl (C=O) groups is 1. The Morgan fingerprint density at radius 2 is 1.77 bits per heavy atom. The Morgan fingerprint density at radius 1 is 1.10 bits per heavy atom. The maximum Gasteiger partial charge on any atom is 0.243 e. The number of rotatable bonds is 6. The minimum atomic E-state index is -3.58. The van der Waals surface area contributed by atoms with Gasteiger partial charge in [-0.25, -0.2) is 8.42 Å². The number of fused-ring (bicyclic) bond motifs is 1. The third-order valence-corrected chi connectivity index (χ3v) is 7.51. The van der Waals surface area contributed by atoms with Crippen LogP contribution in [-0.2, 0) is 14.8 Å². The smallest absolute Gasteiger partial charge is 0.243 e. The van der Waals surface area contributed by atoms with E-state index in [1.54, 1.807) is 12.1 Å². The SMILES string of the molecule is COc1ccc(S(=O)(=O)N2CCC(C(=O)NC[C@@H]3COc4ccccc4O3)CC2)cc1. The summed E-state index contributed by atoms with van der Waals surface area (Å²) in [6, 6.07) is 13.8. The summed E-state index contributed by atoms with van der Waals surface area (Å²) in [6.45, 7) is 1.33. The molecule has 2 aromatic rings. The highest BCUT2D eigenvalue weighted by Crippen LogP contribution is 2.31. The quantitative estimate of drug-likeness (QED) is 0.730. The van der Waals surface area contributed by atoms with Gasteiger partial charge in [-0.3, -0.25) is 4.79 Å². The van der Waals surface area contributed by atoms with Crippen molar-refractivity contribution in [1.29, 1.82) is 0 Å². The van der Waals surface area contributed by atoms with Gasteiger partial charge in [-0.1, -0.05) is 12.1 Å². The van der Waals surface area contributed by atoms with Crippen LogP contribution in [0.2, 0.25) is 0 Å². The minimum absolute atomic E-state index is 0.0797. The van der Waals surface area contributed by atoms with E-state index < -0.39 is 10.0 Å². The lowest BCUT2D eigenvalue weighted by molar-refractivity contribution is -0.126. The van der Waals surface area contributed by atoms with Gasteiger partial charge in [0.25, 0.3) is 0 Å². The molecule has 0 aromatic heterocycles. The maximum atomic E-state index is 12.9. The van der Waals surface area contributed by atoms with Crippen LogP contribution in [0.25, 0.3) is 0 Å². The summed E-state index contributed by atoms with van der Waals surface area (Å²) in [5.74, 6) is 1.67. The molecule has 9 heteroatoms. The Labute approximate surface area is 182 Å². The first-order chi connectivity index (χ1) is 15.0. The fourth-order valence-corrected chi connectivity index (χ4v) is 5.25. The average Bonchev–Trinajstić information content (AvgIpc) is 2.82. The summed E-state index contributed by atoms with van der Waals surface area (Å²) in [6.07, 6.45) is 0.701. The van der Waals surface area contributed by atoms with E-state index in [0.29, 0.717) is 56.3 Å². The molecular formula is C22H26N2O6S. The van der Waals surface area contributed by atoms with Crippen LogP contribution in [0.1, 0.15) is 12.8 Å². The number of piperidine rings is 1. The number of hydrogen-bond donors (Lipinski definition) is 1. The van der Waals surface area contributed by atoms with Gasteiger partial charge >= 0.3 is 0 Å². The molecule has 2 heterocycles. The molecule has 0 saturated carbocycles. The monoisotopic (exact) mass is 446 g/mol. The van der Waals surface area contributed by atoms with Gasteiger partial charge in [0.05, 0.1) is 18.6 Å². The van der Waals surface area contributed by atoms with Gasteiger partial charge in [-0.15, -0.1) is 0 Å². The molecule has 0 unspecified atom stereocenters. The number of nitrogens with zero attached hydrogens (tertiary/aromatic N) is 1. The Kier molecular flexibility index (Phi) is 6.33. The zero-order valence-electron chi connectivity index (χ0n) is 17.3. The minimum Gasteiger partial charge on any atom is -0.497 e. The highest BCUT2D eigenvalue weighted by molar-refractivity contribution is 7.89. The van der Waals surface area contributed by atoms with Crippen molar-refractivity contribution >= 4 is 15.9 Å². The highest BCUT2D eigenvalue weighted by Gasteiger charge is 2.32. The van der Waals surface area contributed by atoms with Crippen molar-refractivity contribution < 1.29 is 27.4 Å². The summed E-state index contributed by atoms with van der Waals surface area (Å²) >= 11 is 0. The highest BCUT2D eigenvalue weighted by atomic mass is 32.2. The van der Waals surface area contributed by atoms with Crippen LogP contribution < -0.4 is 19.5 Å². The van der Waals surface area contributed by atoms with E-state index in [2.05, 4.69) is 5.32 Å². The van der Waals surface area contributed by atoms with E-state index in [1.807, 2.05) is 24.3 Å². The predicted octanol–water partition coefficient (Wildman–Crippen LogP) is 2.05. The largest absolute Gasteiger partial charge is 0.497 e. The standard InChI is InChI=1S/C22H26N2O6S/c1-28-17-6-8-19(9-7-17)31(26,27)24-12-10-16(11-13-24)22(25)23-14-18-15-29-20-4-2-3-5-21(20)30-18/h2-9,16,18H,10-15H2,1H3,(H,23,25)/t18-/m1/s1. The molecule has 4 rings (SSSR count). The Bertz CT molecular complexity index is 1020. The summed E-state index contributed by atoms with van der Waals surface area (Å²) in [4.78, 5) is 12.8. The molecule has 1 atom stereocenters. The van der Waals surface area contributed by atoms with Crippen LogP contribution in [-0.4, -0.2) is 58.1 Å². The zero-order chi connectivity index (χ0) is 21.8. The van der Waals surface area contributed by atoms with Crippen molar-refractivity contribution in [1.82, 2.24) is 9.62 Å². The van der Waals surface area contributed by atoms with E-state index in [9.17, 15) is 13.2 Å². The van der Waals surface area contributed by atoms with E-state index in [1.165, 1.54) is 23.5 Å². The number of hydrogen-bond acceptors (Lipinski definition) is 6. The molecule has 0 radical (unpaired) electrons.